The molecule has 0 aliphatic heterocycles. The van der Waals surface area contributed by atoms with Crippen LogP contribution in [0.4, 0.5) is 0 Å². The van der Waals surface area contributed by atoms with Gasteiger partial charge in [-0.3, -0.25) is 24.0 Å². The summed E-state index contributed by atoms with van der Waals surface area (Å²) in [7, 11) is 4.05. The smallest absolute Gasteiger partial charge is 0.305 e. The van der Waals surface area contributed by atoms with Crippen molar-refractivity contribution in [3.63, 3.8) is 0 Å². The summed E-state index contributed by atoms with van der Waals surface area (Å²) < 4.78 is 23.1. The van der Waals surface area contributed by atoms with E-state index in [2.05, 4.69) is 39.5 Å². The van der Waals surface area contributed by atoms with Crippen LogP contribution in [0, 0.1) is 17.8 Å². The number of unbranched alkanes of at least 4 members (excludes halogenated alkanes) is 22. The molecule has 0 aromatic heterocycles. The van der Waals surface area contributed by atoms with Crippen molar-refractivity contribution in [3.8, 4) is 0 Å². The second-order valence-corrected chi connectivity index (χ2v) is 21.7. The lowest BCUT2D eigenvalue weighted by Gasteiger charge is -2.28. The molecule has 424 valence electrons. The van der Waals surface area contributed by atoms with Crippen LogP contribution >= 0.6 is 0 Å². The van der Waals surface area contributed by atoms with Gasteiger partial charge in [-0.2, -0.15) is 0 Å². The standard InChI is InChI=1S/C61H116N2O9/c1-8-13-18-23-32-42-57(64)63(48-37-47-62(6)7)49-56(52-71-60(67)45-35-26-24-33-43-58(65)69-50-54(38-28-19-14-9-2)39-29-20-15-10-3)53-72-61(68)46-36-27-25-34-44-59(66)70-51-55(40-30-21-16-11-4)41-31-22-17-12-5/h54-56H,8-53H2,1-7H3. The minimum Gasteiger partial charge on any atom is -0.465 e. The monoisotopic (exact) mass is 1020 g/mol. The van der Waals surface area contributed by atoms with Gasteiger partial charge in [0.05, 0.1) is 26.4 Å². The van der Waals surface area contributed by atoms with Crippen LogP contribution in [-0.2, 0) is 42.9 Å². The number of hydrogen-bond acceptors (Lipinski definition) is 10. The van der Waals surface area contributed by atoms with Gasteiger partial charge >= 0.3 is 23.9 Å². The van der Waals surface area contributed by atoms with E-state index in [1.54, 1.807) is 0 Å². The van der Waals surface area contributed by atoms with Gasteiger partial charge in [0.2, 0.25) is 5.91 Å². The molecule has 0 atom stereocenters. The largest absolute Gasteiger partial charge is 0.465 e. The summed E-state index contributed by atoms with van der Waals surface area (Å²) in [6, 6.07) is 0. The number of amides is 1. The molecule has 0 aromatic carbocycles. The average molecular weight is 1020 g/mol. The third kappa shape index (κ3) is 45.9. The summed E-state index contributed by atoms with van der Waals surface area (Å²) in [6.07, 6.45) is 38.4. The molecule has 0 radical (unpaired) electrons. The third-order valence-electron chi connectivity index (χ3n) is 14.2. The lowest BCUT2D eigenvalue weighted by molar-refractivity contribution is -0.150. The van der Waals surface area contributed by atoms with E-state index in [1.165, 1.54) is 109 Å². The number of esters is 4. The highest BCUT2D eigenvalue weighted by Gasteiger charge is 2.23. The normalized spacial score (nSPS) is 11.5. The Labute approximate surface area is 443 Å². The molecule has 0 fully saturated rings. The van der Waals surface area contributed by atoms with Crippen LogP contribution in [0.15, 0.2) is 0 Å². The molecule has 1 amide bonds. The Morgan fingerprint density at radius 3 is 0.903 bits per heavy atom. The van der Waals surface area contributed by atoms with Crippen molar-refractivity contribution in [2.45, 2.75) is 285 Å². The average Bonchev–Trinajstić information content (AvgIpc) is 3.36. The Bertz CT molecular complexity index is 1180. The summed E-state index contributed by atoms with van der Waals surface area (Å²) in [5.74, 6) is -0.185. The molecule has 0 bridgehead atoms. The summed E-state index contributed by atoms with van der Waals surface area (Å²) in [6.45, 7) is 14.1. The zero-order valence-electron chi connectivity index (χ0n) is 48.3. The van der Waals surface area contributed by atoms with Crippen LogP contribution in [0.25, 0.3) is 0 Å². The highest BCUT2D eigenvalue weighted by Crippen LogP contribution is 2.22. The molecule has 72 heavy (non-hydrogen) atoms. The minimum atomic E-state index is -0.349. The lowest BCUT2D eigenvalue weighted by Crippen LogP contribution is -2.40. The third-order valence-corrected chi connectivity index (χ3v) is 14.2. The molecule has 0 unspecified atom stereocenters. The number of nitrogens with zero attached hydrogens (tertiary/aromatic N) is 2. The molecular weight excluding hydrogens is 905 g/mol. The summed E-state index contributed by atoms with van der Waals surface area (Å²) in [4.78, 5) is 68.9. The van der Waals surface area contributed by atoms with Crippen molar-refractivity contribution in [1.29, 1.82) is 0 Å². The summed E-state index contributed by atoms with van der Waals surface area (Å²) in [5.41, 5.74) is 0. The molecule has 0 N–H and O–H groups in total. The van der Waals surface area contributed by atoms with E-state index in [0.717, 1.165) is 103 Å². The van der Waals surface area contributed by atoms with Gasteiger partial charge in [-0.15, -0.1) is 0 Å². The fourth-order valence-electron chi connectivity index (χ4n) is 9.38. The quantitative estimate of drug-likeness (QED) is 0.0330. The van der Waals surface area contributed by atoms with Gasteiger partial charge < -0.3 is 28.7 Å². The summed E-state index contributed by atoms with van der Waals surface area (Å²) >= 11 is 0. The highest BCUT2D eigenvalue weighted by atomic mass is 16.5. The Balaban J connectivity index is 5.10. The van der Waals surface area contributed by atoms with Crippen LogP contribution in [-0.4, -0.2) is 99.7 Å². The zero-order chi connectivity index (χ0) is 53.1. The fourth-order valence-corrected chi connectivity index (χ4v) is 9.38. The summed E-state index contributed by atoms with van der Waals surface area (Å²) in [5, 5.41) is 0. The SMILES string of the molecule is CCCCCCCC(=O)N(CCCN(C)C)CC(COC(=O)CCCCCCC(=O)OCC(CCCCCC)CCCCCC)COC(=O)CCCCCCC(=O)OCC(CCCCCC)CCCCCC. The molecule has 11 nitrogen and oxygen atoms in total. The van der Waals surface area contributed by atoms with E-state index in [9.17, 15) is 24.0 Å². The Kier molecular flexibility index (Phi) is 49.8. The Morgan fingerprint density at radius 1 is 0.319 bits per heavy atom. The lowest BCUT2D eigenvalue weighted by atomic mass is 9.95. The van der Waals surface area contributed by atoms with Crippen molar-refractivity contribution in [1.82, 2.24) is 9.80 Å². The number of carbonyl (C=O) groups is 5. The van der Waals surface area contributed by atoms with Crippen molar-refractivity contribution >= 4 is 29.8 Å². The first-order valence-corrected chi connectivity index (χ1v) is 30.5. The van der Waals surface area contributed by atoms with Crippen molar-refractivity contribution in [2.24, 2.45) is 17.8 Å². The van der Waals surface area contributed by atoms with Crippen LogP contribution in [0.3, 0.4) is 0 Å². The number of rotatable bonds is 54. The van der Waals surface area contributed by atoms with Gasteiger partial charge in [-0.05, 0) is 96.7 Å². The predicted molar refractivity (Wildman–Crippen MR) is 298 cm³/mol. The molecule has 0 heterocycles. The Hall–Kier alpha value is -2.69. The topological polar surface area (TPSA) is 129 Å². The molecule has 0 spiro atoms. The van der Waals surface area contributed by atoms with Crippen molar-refractivity contribution in [3.05, 3.63) is 0 Å². The van der Waals surface area contributed by atoms with Crippen LogP contribution in [0.2, 0.25) is 0 Å². The van der Waals surface area contributed by atoms with Gasteiger partial charge in [0, 0.05) is 51.1 Å². The maximum Gasteiger partial charge on any atom is 0.305 e. The zero-order valence-corrected chi connectivity index (χ0v) is 48.3. The second-order valence-electron chi connectivity index (χ2n) is 21.7. The second kappa shape index (κ2) is 51.8. The fraction of sp³-hybridized carbons (Fsp3) is 0.918. The van der Waals surface area contributed by atoms with E-state index < -0.39 is 0 Å². The van der Waals surface area contributed by atoms with Crippen molar-refractivity contribution in [2.75, 3.05) is 60.2 Å². The van der Waals surface area contributed by atoms with E-state index in [1.807, 2.05) is 19.0 Å². The maximum atomic E-state index is 13.6. The number of hydrogen-bond donors (Lipinski definition) is 0. The molecule has 0 saturated carbocycles. The van der Waals surface area contributed by atoms with E-state index >= 15 is 0 Å². The van der Waals surface area contributed by atoms with Crippen LogP contribution in [0.5, 0.6) is 0 Å². The molecule has 0 aliphatic rings. The van der Waals surface area contributed by atoms with Crippen LogP contribution < -0.4 is 0 Å². The van der Waals surface area contributed by atoms with Crippen LogP contribution in [0.1, 0.15) is 285 Å². The highest BCUT2D eigenvalue weighted by molar-refractivity contribution is 5.76. The van der Waals surface area contributed by atoms with E-state index in [0.29, 0.717) is 70.2 Å². The molecule has 0 saturated heterocycles. The van der Waals surface area contributed by atoms with Gasteiger partial charge in [0.1, 0.15) is 0 Å². The first-order chi connectivity index (χ1) is 35.0. The number of ether oxygens (including phenoxy) is 4. The molecule has 0 aromatic rings. The maximum absolute atomic E-state index is 13.6. The molecular formula is C61H116N2O9. The van der Waals surface area contributed by atoms with Gasteiger partial charge in [-0.25, -0.2) is 0 Å². The first-order valence-electron chi connectivity index (χ1n) is 30.5. The minimum absolute atomic E-state index is 0.0681. The number of carbonyl (C=O) groups excluding carboxylic acids is 5. The first kappa shape index (κ1) is 69.3. The van der Waals surface area contributed by atoms with E-state index in [-0.39, 0.29) is 61.8 Å². The molecule has 0 aliphatic carbocycles. The van der Waals surface area contributed by atoms with Crippen molar-refractivity contribution < 1.29 is 42.9 Å². The molecule has 0 rings (SSSR count). The Morgan fingerprint density at radius 2 is 0.597 bits per heavy atom. The van der Waals surface area contributed by atoms with Gasteiger partial charge in [0.15, 0.2) is 0 Å². The van der Waals surface area contributed by atoms with Gasteiger partial charge in [0.25, 0.3) is 0 Å². The van der Waals surface area contributed by atoms with E-state index in [4.69, 9.17) is 18.9 Å². The van der Waals surface area contributed by atoms with Gasteiger partial charge in [-0.1, -0.05) is 189 Å². The molecule has 11 heteroatoms. The predicted octanol–water partition coefficient (Wildman–Crippen LogP) is 15.7.